The third-order valence-electron chi connectivity index (χ3n) is 5.46. The number of esters is 2. The third-order valence-corrected chi connectivity index (χ3v) is 5.46. The van der Waals surface area contributed by atoms with E-state index in [2.05, 4.69) is 25.1 Å². The Bertz CT molecular complexity index is 1350. The molecule has 1 unspecified atom stereocenters. The Balaban J connectivity index is 1.74. The lowest BCUT2D eigenvalue weighted by atomic mass is 10.00. The van der Waals surface area contributed by atoms with Gasteiger partial charge in [-0.05, 0) is 35.7 Å². The van der Waals surface area contributed by atoms with Gasteiger partial charge in [-0.1, -0.05) is 92.6 Å². The third kappa shape index (κ3) is 7.30. The molecule has 0 aliphatic rings. The number of hydrogen-bond acceptors (Lipinski definition) is 6. The summed E-state index contributed by atoms with van der Waals surface area (Å²) in [6.45, 7) is 11.9. The lowest BCUT2D eigenvalue weighted by Gasteiger charge is -2.19. The maximum atomic E-state index is 13.0. The average molecular weight is 512 g/mol. The number of anilines is 1. The van der Waals surface area contributed by atoms with Gasteiger partial charge in [-0.15, -0.1) is 0 Å². The van der Waals surface area contributed by atoms with E-state index in [1.165, 1.54) is 6.92 Å². The second-order valence-corrected chi connectivity index (χ2v) is 8.26. The van der Waals surface area contributed by atoms with E-state index in [1.807, 2.05) is 48.5 Å². The van der Waals surface area contributed by atoms with Crippen molar-refractivity contribution < 1.29 is 28.6 Å². The van der Waals surface area contributed by atoms with Crippen molar-refractivity contribution in [3.63, 3.8) is 0 Å². The number of benzene rings is 3. The summed E-state index contributed by atoms with van der Waals surface area (Å²) >= 11 is 0. The van der Waals surface area contributed by atoms with Gasteiger partial charge in [-0.25, -0.2) is 14.4 Å². The molecule has 7 heteroatoms. The molecule has 0 fully saturated rings. The summed E-state index contributed by atoms with van der Waals surface area (Å²) in [6, 6.07) is 21.7. The number of rotatable bonds is 11. The smallest absolute Gasteiger partial charge is 0.412 e. The monoisotopic (exact) mass is 511 g/mol. The molecule has 1 atom stereocenters. The second-order valence-electron chi connectivity index (χ2n) is 8.26. The van der Waals surface area contributed by atoms with Gasteiger partial charge in [0.25, 0.3) is 0 Å². The van der Waals surface area contributed by atoms with E-state index >= 15 is 0 Å². The number of ether oxygens (including phenoxy) is 3. The van der Waals surface area contributed by atoms with Crippen LogP contribution in [0.4, 0.5) is 10.5 Å². The number of carbonyl (C=O) groups excluding carboxylic acids is 3. The standard InChI is InChI=1S/C31H29NO6/c1-5-22-15-12-18-28(25(22)6-2)32-31(35)38-24(19-36-29(33)21(3)4)20-37-30(34)27-17-11-10-16-26(27)23-13-8-7-9-14-23/h5-18,24H,1-3,19-20H2,4H3,(H,32,35). The Hall–Kier alpha value is -4.91. The topological polar surface area (TPSA) is 90.9 Å². The minimum atomic E-state index is -1.08. The minimum Gasteiger partial charge on any atom is -0.458 e. The zero-order valence-corrected chi connectivity index (χ0v) is 21.1. The summed E-state index contributed by atoms with van der Waals surface area (Å²) in [5.74, 6) is -1.27. The molecule has 0 aliphatic carbocycles. The van der Waals surface area contributed by atoms with E-state index in [0.29, 0.717) is 22.4 Å². The van der Waals surface area contributed by atoms with E-state index in [-0.39, 0.29) is 18.8 Å². The van der Waals surface area contributed by atoms with Gasteiger partial charge in [-0.2, -0.15) is 0 Å². The van der Waals surface area contributed by atoms with Crippen LogP contribution in [0.3, 0.4) is 0 Å². The first-order chi connectivity index (χ1) is 18.3. The van der Waals surface area contributed by atoms with Crippen molar-refractivity contribution in [2.24, 2.45) is 0 Å². The molecule has 3 aromatic carbocycles. The molecule has 0 saturated heterocycles. The molecular formula is C31H29NO6. The molecule has 0 radical (unpaired) electrons. The van der Waals surface area contributed by atoms with Gasteiger partial charge in [0.15, 0.2) is 6.10 Å². The van der Waals surface area contributed by atoms with Crippen LogP contribution in [-0.2, 0) is 19.0 Å². The van der Waals surface area contributed by atoms with Gasteiger partial charge >= 0.3 is 18.0 Å². The first-order valence-corrected chi connectivity index (χ1v) is 11.8. The van der Waals surface area contributed by atoms with Gasteiger partial charge in [0.1, 0.15) is 13.2 Å². The molecule has 7 nitrogen and oxygen atoms in total. The summed E-state index contributed by atoms with van der Waals surface area (Å²) in [4.78, 5) is 37.7. The Labute approximate surface area is 222 Å². The number of nitrogens with one attached hydrogen (secondary N) is 1. The summed E-state index contributed by atoms with van der Waals surface area (Å²) in [7, 11) is 0. The number of amides is 1. The molecule has 194 valence electrons. The van der Waals surface area contributed by atoms with Crippen LogP contribution in [0, 0.1) is 0 Å². The van der Waals surface area contributed by atoms with Crippen molar-refractivity contribution in [1.82, 2.24) is 0 Å². The average Bonchev–Trinajstić information content (AvgIpc) is 2.94. The van der Waals surface area contributed by atoms with Crippen molar-refractivity contribution in [3.05, 3.63) is 115 Å². The van der Waals surface area contributed by atoms with Gasteiger partial charge in [0, 0.05) is 11.1 Å². The SMILES string of the molecule is C=Cc1cccc(NC(=O)OC(COC(=O)C(=C)C)COC(=O)c2ccccc2-c2ccccc2)c1C=C. The Morgan fingerprint density at radius 2 is 1.55 bits per heavy atom. The molecule has 3 rings (SSSR count). The van der Waals surface area contributed by atoms with E-state index in [0.717, 1.165) is 11.1 Å². The van der Waals surface area contributed by atoms with Crippen LogP contribution >= 0.6 is 0 Å². The van der Waals surface area contributed by atoms with Crippen molar-refractivity contribution in [2.45, 2.75) is 13.0 Å². The molecule has 0 saturated carbocycles. The molecular weight excluding hydrogens is 482 g/mol. The second kappa shape index (κ2) is 13.4. The highest BCUT2D eigenvalue weighted by Gasteiger charge is 2.22. The summed E-state index contributed by atoms with van der Waals surface area (Å²) in [6.07, 6.45) is 1.32. The lowest BCUT2D eigenvalue weighted by molar-refractivity contribution is -0.142. The molecule has 0 aliphatic heterocycles. The van der Waals surface area contributed by atoms with Crippen LogP contribution in [0.5, 0.6) is 0 Å². The summed E-state index contributed by atoms with van der Waals surface area (Å²) in [5.41, 5.74) is 3.96. The molecule has 0 heterocycles. The fourth-order valence-corrected chi connectivity index (χ4v) is 3.57. The van der Waals surface area contributed by atoms with E-state index in [4.69, 9.17) is 14.2 Å². The largest absolute Gasteiger partial charge is 0.458 e. The highest BCUT2D eigenvalue weighted by molar-refractivity contribution is 5.97. The van der Waals surface area contributed by atoms with Crippen molar-refractivity contribution in [1.29, 1.82) is 0 Å². The van der Waals surface area contributed by atoms with Crippen molar-refractivity contribution in [3.8, 4) is 11.1 Å². The van der Waals surface area contributed by atoms with Crippen LogP contribution in [0.15, 0.2) is 98.1 Å². The van der Waals surface area contributed by atoms with Crippen LogP contribution in [-0.4, -0.2) is 37.3 Å². The molecule has 1 amide bonds. The summed E-state index contributed by atoms with van der Waals surface area (Å²) in [5, 5.41) is 2.65. The number of carbonyl (C=O) groups is 3. The minimum absolute atomic E-state index is 0.179. The van der Waals surface area contributed by atoms with Crippen molar-refractivity contribution in [2.75, 3.05) is 18.5 Å². The Morgan fingerprint density at radius 1 is 0.868 bits per heavy atom. The lowest BCUT2D eigenvalue weighted by Crippen LogP contribution is -2.32. The van der Waals surface area contributed by atoms with Crippen molar-refractivity contribution >= 4 is 35.9 Å². The molecule has 3 aromatic rings. The molecule has 38 heavy (non-hydrogen) atoms. The zero-order valence-electron chi connectivity index (χ0n) is 21.1. The normalized spacial score (nSPS) is 11.0. The van der Waals surface area contributed by atoms with Crippen LogP contribution in [0.1, 0.15) is 28.4 Å². The van der Waals surface area contributed by atoms with E-state index < -0.39 is 24.1 Å². The van der Waals surface area contributed by atoms with Gasteiger partial charge in [-0.3, -0.25) is 5.32 Å². The van der Waals surface area contributed by atoms with Gasteiger partial charge in [0.2, 0.25) is 0 Å². The molecule has 1 N–H and O–H groups in total. The molecule has 0 bridgehead atoms. The predicted molar refractivity (Wildman–Crippen MR) is 148 cm³/mol. The Morgan fingerprint density at radius 3 is 2.24 bits per heavy atom. The number of hydrogen-bond donors (Lipinski definition) is 1. The fraction of sp³-hybridized carbons (Fsp3) is 0.129. The van der Waals surface area contributed by atoms with Gasteiger partial charge in [0.05, 0.1) is 11.3 Å². The molecule has 0 aromatic heterocycles. The maximum Gasteiger partial charge on any atom is 0.412 e. The van der Waals surface area contributed by atoms with Crippen LogP contribution in [0.2, 0.25) is 0 Å². The van der Waals surface area contributed by atoms with E-state index in [9.17, 15) is 14.4 Å². The highest BCUT2D eigenvalue weighted by Crippen LogP contribution is 2.25. The van der Waals surface area contributed by atoms with Crippen LogP contribution in [0.25, 0.3) is 23.3 Å². The zero-order chi connectivity index (χ0) is 27.5. The maximum absolute atomic E-state index is 13.0. The van der Waals surface area contributed by atoms with Crippen LogP contribution < -0.4 is 5.32 Å². The Kier molecular flexibility index (Phi) is 9.77. The summed E-state index contributed by atoms with van der Waals surface area (Å²) < 4.78 is 16.1. The quantitative estimate of drug-likeness (QED) is 0.179. The van der Waals surface area contributed by atoms with Gasteiger partial charge < -0.3 is 14.2 Å². The molecule has 0 spiro atoms. The first-order valence-electron chi connectivity index (χ1n) is 11.8. The predicted octanol–water partition coefficient (Wildman–Crippen LogP) is 6.53. The fourth-order valence-electron chi connectivity index (χ4n) is 3.57. The van der Waals surface area contributed by atoms with E-state index in [1.54, 1.807) is 36.4 Å². The first kappa shape index (κ1) is 27.7. The highest BCUT2D eigenvalue weighted by atomic mass is 16.6.